The van der Waals surface area contributed by atoms with Crippen molar-refractivity contribution in [1.29, 1.82) is 5.41 Å². The molecule has 0 fully saturated rings. The number of benzene rings is 1. The summed E-state index contributed by atoms with van der Waals surface area (Å²) >= 11 is 0. The van der Waals surface area contributed by atoms with Gasteiger partial charge in [-0.15, -0.1) is 0 Å². The SMILES string of the molecule is CCCn1c(-c2ccc(C(C)C)cc2)ccc(C(=N)N)c1=O. The second-order valence-corrected chi connectivity index (χ2v) is 5.78. The van der Waals surface area contributed by atoms with E-state index < -0.39 is 0 Å². The van der Waals surface area contributed by atoms with E-state index in [0.29, 0.717) is 12.5 Å². The molecular weight excluding hydrogens is 274 g/mol. The molecule has 2 aromatic rings. The van der Waals surface area contributed by atoms with Crippen LogP contribution in [0.1, 0.15) is 44.2 Å². The molecule has 1 aromatic heterocycles. The second-order valence-electron chi connectivity index (χ2n) is 5.78. The van der Waals surface area contributed by atoms with Crippen LogP contribution in [0.2, 0.25) is 0 Å². The van der Waals surface area contributed by atoms with Crippen LogP contribution in [-0.2, 0) is 6.54 Å². The molecule has 116 valence electrons. The number of amidine groups is 1. The number of nitrogens with one attached hydrogen (secondary N) is 1. The number of hydrogen-bond donors (Lipinski definition) is 2. The van der Waals surface area contributed by atoms with Gasteiger partial charge in [0.2, 0.25) is 0 Å². The van der Waals surface area contributed by atoms with Gasteiger partial charge in [0.25, 0.3) is 5.56 Å². The van der Waals surface area contributed by atoms with Crippen molar-refractivity contribution in [2.24, 2.45) is 5.73 Å². The maximum absolute atomic E-state index is 12.5. The highest BCUT2D eigenvalue weighted by Crippen LogP contribution is 2.22. The average molecular weight is 297 g/mol. The molecule has 3 N–H and O–H groups in total. The topological polar surface area (TPSA) is 71.9 Å². The van der Waals surface area contributed by atoms with Gasteiger partial charge in [-0.05, 0) is 35.6 Å². The first-order chi connectivity index (χ1) is 10.5. The summed E-state index contributed by atoms with van der Waals surface area (Å²) in [5.41, 5.74) is 8.70. The Bertz CT molecular complexity index is 727. The molecule has 0 amide bonds. The first-order valence-corrected chi connectivity index (χ1v) is 7.64. The van der Waals surface area contributed by atoms with E-state index in [1.54, 1.807) is 10.6 Å². The third kappa shape index (κ3) is 3.11. The fourth-order valence-electron chi connectivity index (χ4n) is 2.52. The van der Waals surface area contributed by atoms with Gasteiger partial charge in [0.05, 0.1) is 11.3 Å². The molecule has 0 aliphatic rings. The van der Waals surface area contributed by atoms with Crippen molar-refractivity contribution in [2.45, 2.75) is 39.7 Å². The average Bonchev–Trinajstić information content (AvgIpc) is 2.49. The highest BCUT2D eigenvalue weighted by molar-refractivity contribution is 5.94. The summed E-state index contributed by atoms with van der Waals surface area (Å²) in [6, 6.07) is 11.8. The van der Waals surface area contributed by atoms with Crippen molar-refractivity contribution in [3.05, 3.63) is 57.9 Å². The van der Waals surface area contributed by atoms with Gasteiger partial charge in [0.1, 0.15) is 5.84 Å². The first-order valence-electron chi connectivity index (χ1n) is 7.64. The summed E-state index contributed by atoms with van der Waals surface area (Å²) in [4.78, 5) is 12.5. The molecule has 0 spiro atoms. The van der Waals surface area contributed by atoms with Crippen molar-refractivity contribution < 1.29 is 0 Å². The monoisotopic (exact) mass is 297 g/mol. The molecule has 22 heavy (non-hydrogen) atoms. The van der Waals surface area contributed by atoms with Crippen LogP contribution in [0.15, 0.2) is 41.2 Å². The van der Waals surface area contributed by atoms with Gasteiger partial charge in [0, 0.05) is 6.54 Å². The smallest absolute Gasteiger partial charge is 0.262 e. The number of aromatic nitrogens is 1. The first kappa shape index (κ1) is 16.0. The normalized spacial score (nSPS) is 10.9. The molecule has 1 aromatic carbocycles. The van der Waals surface area contributed by atoms with Gasteiger partial charge in [-0.2, -0.15) is 0 Å². The van der Waals surface area contributed by atoms with E-state index >= 15 is 0 Å². The highest BCUT2D eigenvalue weighted by atomic mass is 16.1. The summed E-state index contributed by atoms with van der Waals surface area (Å²) in [5.74, 6) is 0.295. The van der Waals surface area contributed by atoms with E-state index in [1.165, 1.54) is 5.56 Å². The summed E-state index contributed by atoms with van der Waals surface area (Å²) in [7, 11) is 0. The van der Waals surface area contributed by atoms with Gasteiger partial charge >= 0.3 is 0 Å². The number of rotatable bonds is 5. The van der Waals surface area contributed by atoms with E-state index in [9.17, 15) is 4.79 Å². The van der Waals surface area contributed by atoms with Crippen LogP contribution in [0, 0.1) is 5.41 Å². The van der Waals surface area contributed by atoms with E-state index in [1.807, 2.05) is 25.1 Å². The molecule has 0 atom stereocenters. The lowest BCUT2D eigenvalue weighted by molar-refractivity contribution is 0.660. The van der Waals surface area contributed by atoms with Crippen molar-refractivity contribution in [3.63, 3.8) is 0 Å². The summed E-state index contributed by atoms with van der Waals surface area (Å²) < 4.78 is 1.71. The van der Waals surface area contributed by atoms with Crippen molar-refractivity contribution in [1.82, 2.24) is 4.57 Å². The zero-order valence-corrected chi connectivity index (χ0v) is 13.4. The molecule has 0 aliphatic heterocycles. The van der Waals surface area contributed by atoms with Crippen LogP contribution in [-0.4, -0.2) is 10.4 Å². The molecule has 2 rings (SSSR count). The van der Waals surface area contributed by atoms with Gasteiger partial charge in [-0.3, -0.25) is 10.2 Å². The minimum Gasteiger partial charge on any atom is -0.384 e. The fraction of sp³-hybridized carbons (Fsp3) is 0.333. The summed E-state index contributed by atoms with van der Waals surface area (Å²) in [6.45, 7) is 6.95. The van der Waals surface area contributed by atoms with Crippen molar-refractivity contribution in [3.8, 4) is 11.3 Å². The zero-order valence-electron chi connectivity index (χ0n) is 13.4. The minimum absolute atomic E-state index is 0.184. The lowest BCUT2D eigenvalue weighted by Crippen LogP contribution is -2.30. The Balaban J connectivity index is 2.57. The third-order valence-electron chi connectivity index (χ3n) is 3.78. The maximum atomic E-state index is 12.5. The Morgan fingerprint density at radius 2 is 1.82 bits per heavy atom. The molecule has 0 radical (unpaired) electrons. The van der Waals surface area contributed by atoms with Crippen LogP contribution in [0.3, 0.4) is 0 Å². The standard InChI is InChI=1S/C18H23N3O/c1-4-11-21-16(10-9-15(17(19)20)18(21)22)14-7-5-13(6-8-14)12(2)3/h5-10,12H,4,11H2,1-3H3,(H3,19,20). The molecule has 4 heteroatoms. The van der Waals surface area contributed by atoms with E-state index in [0.717, 1.165) is 17.7 Å². The van der Waals surface area contributed by atoms with Gasteiger partial charge in [0.15, 0.2) is 0 Å². The Labute approximate surface area is 131 Å². The van der Waals surface area contributed by atoms with Gasteiger partial charge < -0.3 is 10.3 Å². The number of nitrogens with two attached hydrogens (primary N) is 1. The summed E-state index contributed by atoms with van der Waals surface area (Å²) in [6.07, 6.45) is 0.846. The van der Waals surface area contributed by atoms with Crippen molar-refractivity contribution >= 4 is 5.84 Å². The van der Waals surface area contributed by atoms with E-state index in [4.69, 9.17) is 11.1 Å². The van der Waals surface area contributed by atoms with Gasteiger partial charge in [-0.25, -0.2) is 0 Å². The lowest BCUT2D eigenvalue weighted by atomic mass is 10.0. The van der Waals surface area contributed by atoms with E-state index in [-0.39, 0.29) is 17.0 Å². The summed E-state index contributed by atoms with van der Waals surface area (Å²) in [5, 5.41) is 7.52. The van der Waals surface area contributed by atoms with Crippen molar-refractivity contribution in [2.75, 3.05) is 0 Å². The Morgan fingerprint density at radius 3 is 2.32 bits per heavy atom. The Morgan fingerprint density at radius 1 is 1.18 bits per heavy atom. The molecule has 0 saturated heterocycles. The van der Waals surface area contributed by atoms with Crippen LogP contribution < -0.4 is 11.3 Å². The largest absolute Gasteiger partial charge is 0.384 e. The fourth-order valence-corrected chi connectivity index (χ4v) is 2.52. The molecule has 1 heterocycles. The van der Waals surface area contributed by atoms with E-state index in [2.05, 4.69) is 26.0 Å². The minimum atomic E-state index is -0.195. The number of nitrogen functional groups attached to an aromatic ring is 1. The number of pyridine rings is 1. The Kier molecular flexibility index (Phi) is 4.81. The van der Waals surface area contributed by atoms with Crippen LogP contribution >= 0.6 is 0 Å². The Hall–Kier alpha value is -2.36. The predicted molar refractivity (Wildman–Crippen MR) is 91.5 cm³/mol. The van der Waals surface area contributed by atoms with Gasteiger partial charge in [-0.1, -0.05) is 45.0 Å². The highest BCUT2D eigenvalue weighted by Gasteiger charge is 2.12. The molecule has 0 aliphatic carbocycles. The van der Waals surface area contributed by atoms with Crippen LogP contribution in [0.4, 0.5) is 0 Å². The molecular formula is C18H23N3O. The lowest BCUT2D eigenvalue weighted by Gasteiger charge is -2.15. The third-order valence-corrected chi connectivity index (χ3v) is 3.78. The molecule has 0 saturated carbocycles. The molecule has 0 unspecified atom stereocenters. The van der Waals surface area contributed by atoms with Crippen LogP contribution in [0.25, 0.3) is 11.3 Å². The number of nitrogens with zero attached hydrogens (tertiary/aromatic N) is 1. The maximum Gasteiger partial charge on any atom is 0.262 e. The van der Waals surface area contributed by atoms with Crippen LogP contribution in [0.5, 0.6) is 0 Å². The second kappa shape index (κ2) is 6.60. The molecule has 4 nitrogen and oxygen atoms in total. The molecule has 0 bridgehead atoms. The quantitative estimate of drug-likeness (QED) is 0.656. The predicted octanol–water partition coefficient (Wildman–Crippen LogP) is 3.33. The zero-order chi connectivity index (χ0) is 16.3. The number of hydrogen-bond acceptors (Lipinski definition) is 2.